The van der Waals surface area contributed by atoms with E-state index in [1.807, 2.05) is 11.9 Å². The number of piperazine rings is 1. The molecule has 0 spiro atoms. The van der Waals surface area contributed by atoms with Gasteiger partial charge >= 0.3 is 5.69 Å². The van der Waals surface area contributed by atoms with Gasteiger partial charge in [-0.2, -0.15) is 4.39 Å². The van der Waals surface area contributed by atoms with Crippen molar-refractivity contribution in [2.24, 2.45) is 0 Å². The Morgan fingerprint density at radius 1 is 1.32 bits per heavy atom. The zero-order valence-electron chi connectivity index (χ0n) is 11.3. The van der Waals surface area contributed by atoms with Crippen LogP contribution >= 0.6 is 0 Å². The van der Waals surface area contributed by atoms with E-state index in [9.17, 15) is 14.5 Å². The van der Waals surface area contributed by atoms with Gasteiger partial charge in [0.25, 0.3) is 0 Å². The summed E-state index contributed by atoms with van der Waals surface area (Å²) in [5, 5.41) is 11.0. The first-order valence-electron chi connectivity index (χ1n) is 6.31. The van der Waals surface area contributed by atoms with Gasteiger partial charge in [0.2, 0.25) is 5.82 Å². The van der Waals surface area contributed by atoms with Crippen LogP contribution in [0.15, 0.2) is 18.2 Å². The fourth-order valence-corrected chi connectivity index (χ4v) is 2.54. The summed E-state index contributed by atoms with van der Waals surface area (Å²) in [6, 6.07) is 4.81. The lowest BCUT2D eigenvalue weighted by Gasteiger charge is -2.43. The maximum atomic E-state index is 13.6. The quantitative estimate of drug-likeness (QED) is 0.609. The van der Waals surface area contributed by atoms with Crippen LogP contribution in [0.2, 0.25) is 0 Å². The Kier molecular flexibility index (Phi) is 3.71. The minimum Gasteiger partial charge on any atom is -0.363 e. The van der Waals surface area contributed by atoms with Crippen LogP contribution in [0.25, 0.3) is 0 Å². The van der Waals surface area contributed by atoms with Crippen molar-refractivity contribution < 1.29 is 9.31 Å². The van der Waals surface area contributed by atoms with Crippen LogP contribution in [0.3, 0.4) is 0 Å². The van der Waals surface area contributed by atoms with Gasteiger partial charge in [-0.15, -0.1) is 0 Å². The Bertz CT molecular complexity index is 483. The highest BCUT2D eigenvalue weighted by molar-refractivity contribution is 5.64. The Labute approximate surface area is 111 Å². The van der Waals surface area contributed by atoms with E-state index in [-0.39, 0.29) is 12.1 Å². The first-order valence-corrected chi connectivity index (χ1v) is 6.31. The number of halogens is 1. The average molecular weight is 267 g/mol. The lowest BCUT2D eigenvalue weighted by molar-refractivity contribution is -0.386. The molecule has 0 bridgehead atoms. The van der Waals surface area contributed by atoms with Crippen LogP contribution in [0, 0.1) is 15.9 Å². The first kappa shape index (κ1) is 13.7. The number of para-hydroxylation sites is 1. The molecule has 1 aliphatic rings. The largest absolute Gasteiger partial charge is 0.363 e. The summed E-state index contributed by atoms with van der Waals surface area (Å²) in [6.07, 6.45) is 0. The number of hydrogen-bond acceptors (Lipinski definition) is 4. The number of benzene rings is 1. The van der Waals surface area contributed by atoms with Gasteiger partial charge in [-0.25, -0.2) is 0 Å². The molecule has 2 unspecified atom stereocenters. The molecule has 6 heteroatoms. The minimum atomic E-state index is -0.776. The molecule has 1 aliphatic heterocycles. The molecule has 19 heavy (non-hydrogen) atoms. The van der Waals surface area contributed by atoms with Gasteiger partial charge < -0.3 is 4.90 Å². The summed E-state index contributed by atoms with van der Waals surface area (Å²) in [6.45, 7) is 5.44. The van der Waals surface area contributed by atoms with Crippen molar-refractivity contribution in [1.29, 1.82) is 0 Å². The van der Waals surface area contributed by atoms with E-state index in [1.165, 1.54) is 6.07 Å². The average Bonchev–Trinajstić information content (AvgIpc) is 2.34. The molecule has 0 aliphatic carbocycles. The topological polar surface area (TPSA) is 49.6 Å². The minimum absolute atomic E-state index is 0.270. The Morgan fingerprint density at radius 3 is 2.42 bits per heavy atom. The second-order valence-corrected chi connectivity index (χ2v) is 5.13. The maximum Gasteiger partial charge on any atom is 0.327 e. The van der Waals surface area contributed by atoms with E-state index in [1.54, 1.807) is 6.07 Å². The molecule has 1 fully saturated rings. The smallest absolute Gasteiger partial charge is 0.327 e. The number of likely N-dealkylation sites (N-methyl/N-ethyl adjacent to an activating group) is 1. The molecule has 1 heterocycles. The number of nitro benzene ring substituents is 1. The Balaban J connectivity index is 2.37. The second-order valence-electron chi connectivity index (χ2n) is 5.13. The number of nitro groups is 1. The molecule has 104 valence electrons. The van der Waals surface area contributed by atoms with Gasteiger partial charge in [0.1, 0.15) is 5.69 Å². The fraction of sp³-hybridized carbons (Fsp3) is 0.538. The van der Waals surface area contributed by atoms with E-state index in [0.29, 0.717) is 18.8 Å². The summed E-state index contributed by atoms with van der Waals surface area (Å²) in [4.78, 5) is 14.5. The van der Waals surface area contributed by atoms with Crippen LogP contribution in [-0.4, -0.2) is 42.0 Å². The van der Waals surface area contributed by atoms with Gasteiger partial charge in [0.05, 0.1) is 4.92 Å². The number of anilines is 1. The third kappa shape index (κ3) is 2.53. The van der Waals surface area contributed by atoms with Crippen molar-refractivity contribution >= 4 is 11.4 Å². The highest BCUT2D eigenvalue weighted by Crippen LogP contribution is 2.32. The molecule has 1 aromatic carbocycles. The third-order valence-corrected chi connectivity index (χ3v) is 3.85. The van der Waals surface area contributed by atoms with Crippen molar-refractivity contribution in [2.75, 3.05) is 25.0 Å². The summed E-state index contributed by atoms with van der Waals surface area (Å²) in [7, 11) is 2.03. The lowest BCUT2D eigenvalue weighted by atomic mass is 10.1. The zero-order chi connectivity index (χ0) is 14.2. The molecule has 0 radical (unpaired) electrons. The zero-order valence-corrected chi connectivity index (χ0v) is 11.3. The predicted molar refractivity (Wildman–Crippen MR) is 72.0 cm³/mol. The van der Waals surface area contributed by atoms with Crippen molar-refractivity contribution in [3.63, 3.8) is 0 Å². The summed E-state index contributed by atoms with van der Waals surface area (Å²) >= 11 is 0. The van der Waals surface area contributed by atoms with Crippen LogP contribution in [-0.2, 0) is 0 Å². The monoisotopic (exact) mass is 267 g/mol. The highest BCUT2D eigenvalue weighted by atomic mass is 19.1. The Hall–Kier alpha value is -1.69. The van der Waals surface area contributed by atoms with E-state index >= 15 is 0 Å². The van der Waals surface area contributed by atoms with Crippen molar-refractivity contribution in [3.8, 4) is 0 Å². The lowest BCUT2D eigenvalue weighted by Crippen LogP contribution is -2.55. The molecule has 0 aromatic heterocycles. The molecule has 0 N–H and O–H groups in total. The normalized spacial score (nSPS) is 24.5. The van der Waals surface area contributed by atoms with Crippen LogP contribution in [0.5, 0.6) is 0 Å². The van der Waals surface area contributed by atoms with Gasteiger partial charge in [-0.1, -0.05) is 6.07 Å². The van der Waals surface area contributed by atoms with Crippen molar-refractivity contribution in [1.82, 2.24) is 4.90 Å². The van der Waals surface area contributed by atoms with E-state index in [4.69, 9.17) is 0 Å². The molecule has 0 amide bonds. The van der Waals surface area contributed by atoms with Gasteiger partial charge in [0, 0.05) is 25.2 Å². The molecule has 1 aromatic rings. The number of nitrogens with zero attached hydrogens (tertiary/aromatic N) is 3. The molecular weight excluding hydrogens is 249 g/mol. The Morgan fingerprint density at radius 2 is 1.89 bits per heavy atom. The summed E-state index contributed by atoms with van der Waals surface area (Å²) < 4.78 is 13.6. The molecule has 2 rings (SSSR count). The van der Waals surface area contributed by atoms with Crippen LogP contribution in [0.4, 0.5) is 15.8 Å². The third-order valence-electron chi connectivity index (χ3n) is 3.85. The number of hydrogen-bond donors (Lipinski definition) is 0. The van der Waals surface area contributed by atoms with Crippen molar-refractivity contribution in [3.05, 3.63) is 34.1 Å². The fourth-order valence-electron chi connectivity index (χ4n) is 2.54. The summed E-state index contributed by atoms with van der Waals surface area (Å²) in [5.74, 6) is -0.776. The molecule has 2 atom stereocenters. The SMILES string of the molecule is CC1CN(c2cccc(F)c2[N+](=O)[O-])CC(C)N1C. The van der Waals surface area contributed by atoms with E-state index in [0.717, 1.165) is 6.07 Å². The molecular formula is C13H18FN3O2. The summed E-state index contributed by atoms with van der Waals surface area (Å²) in [5.41, 5.74) is -0.0525. The predicted octanol–water partition coefficient (Wildman–Crippen LogP) is 2.26. The van der Waals surface area contributed by atoms with E-state index in [2.05, 4.69) is 18.7 Å². The second kappa shape index (κ2) is 5.13. The highest BCUT2D eigenvalue weighted by Gasteiger charge is 2.31. The molecule has 1 saturated heterocycles. The molecule has 0 saturated carbocycles. The maximum absolute atomic E-state index is 13.6. The van der Waals surface area contributed by atoms with Crippen molar-refractivity contribution in [2.45, 2.75) is 25.9 Å². The van der Waals surface area contributed by atoms with Gasteiger partial charge in [0.15, 0.2) is 0 Å². The molecule has 5 nitrogen and oxygen atoms in total. The van der Waals surface area contributed by atoms with Gasteiger partial charge in [-0.05, 0) is 33.0 Å². The van der Waals surface area contributed by atoms with E-state index < -0.39 is 16.4 Å². The van der Waals surface area contributed by atoms with Crippen LogP contribution in [0.1, 0.15) is 13.8 Å². The van der Waals surface area contributed by atoms with Crippen LogP contribution < -0.4 is 4.90 Å². The van der Waals surface area contributed by atoms with Gasteiger partial charge in [-0.3, -0.25) is 15.0 Å². The number of rotatable bonds is 2. The standard InChI is InChI=1S/C13H18FN3O2/c1-9-7-16(8-10(2)15(9)3)12-6-4-5-11(14)13(12)17(18)19/h4-6,9-10H,7-8H2,1-3H3. The first-order chi connectivity index (χ1) is 8.91.